The molecule has 2 aliphatic heterocycles. The number of imide groups is 1. The number of aromatic nitrogens is 2. The molecule has 2 aliphatic rings. The lowest BCUT2D eigenvalue weighted by atomic mass is 9.84. The zero-order valence-corrected chi connectivity index (χ0v) is 16.7. The van der Waals surface area contributed by atoms with Crippen molar-refractivity contribution in [2.45, 2.75) is 16.2 Å². The molecule has 1 fully saturated rings. The fourth-order valence-electron chi connectivity index (χ4n) is 3.91. The molecule has 0 bridgehead atoms. The van der Waals surface area contributed by atoms with Gasteiger partial charge in [-0.25, -0.2) is 4.90 Å². The lowest BCUT2D eigenvalue weighted by Crippen LogP contribution is -2.32. The molecule has 11 heteroatoms. The van der Waals surface area contributed by atoms with Crippen LogP contribution in [0.4, 0.5) is 11.4 Å². The molecule has 1 saturated heterocycles. The standard InChI is InChI=1S/C19H12N4O5S2/c24-17-13-12(9-2-1-7-20-8-9)14-16(21-19(26)30-14)29-15(13)18(25)22(17)10-3-5-11(6-4-10)23(27)28/h1-8,12-13,15H,(H,21,26)/t12-,13?,15?/m1/s1. The van der Waals surface area contributed by atoms with Gasteiger partial charge in [0.25, 0.3) is 5.69 Å². The molecule has 4 heterocycles. The van der Waals surface area contributed by atoms with Crippen LogP contribution in [0.1, 0.15) is 16.4 Å². The predicted octanol–water partition coefficient (Wildman–Crippen LogP) is 2.54. The van der Waals surface area contributed by atoms with Gasteiger partial charge >= 0.3 is 4.87 Å². The topological polar surface area (TPSA) is 126 Å². The van der Waals surface area contributed by atoms with E-state index in [9.17, 15) is 24.5 Å². The van der Waals surface area contributed by atoms with Crippen molar-refractivity contribution in [3.8, 4) is 0 Å². The van der Waals surface area contributed by atoms with Gasteiger partial charge in [0.2, 0.25) is 11.8 Å². The first kappa shape index (κ1) is 18.7. The summed E-state index contributed by atoms with van der Waals surface area (Å²) >= 11 is 2.21. The van der Waals surface area contributed by atoms with Gasteiger partial charge in [0.15, 0.2) is 0 Å². The Morgan fingerprint density at radius 1 is 1.10 bits per heavy atom. The molecule has 9 nitrogen and oxygen atoms in total. The smallest absolute Gasteiger partial charge is 0.305 e. The Hall–Kier alpha value is -3.31. The van der Waals surface area contributed by atoms with E-state index < -0.39 is 33.8 Å². The molecule has 1 aromatic carbocycles. The number of fused-ring (bicyclic) bond motifs is 2. The predicted molar refractivity (Wildman–Crippen MR) is 110 cm³/mol. The second-order valence-corrected chi connectivity index (χ2v) is 8.99. The van der Waals surface area contributed by atoms with Crippen LogP contribution >= 0.6 is 23.1 Å². The van der Waals surface area contributed by atoms with E-state index >= 15 is 0 Å². The molecular weight excluding hydrogens is 428 g/mol. The number of pyridine rings is 1. The second-order valence-electron chi connectivity index (χ2n) is 6.82. The van der Waals surface area contributed by atoms with Crippen LogP contribution < -0.4 is 9.77 Å². The van der Waals surface area contributed by atoms with Crippen LogP contribution in [0.15, 0.2) is 58.6 Å². The first-order valence-corrected chi connectivity index (χ1v) is 10.6. The molecule has 0 aliphatic carbocycles. The van der Waals surface area contributed by atoms with E-state index in [0.717, 1.165) is 21.8 Å². The molecule has 3 aromatic rings. The Labute approximate surface area is 176 Å². The minimum Gasteiger partial charge on any atom is -0.307 e. The van der Waals surface area contributed by atoms with E-state index in [1.807, 2.05) is 6.07 Å². The maximum absolute atomic E-state index is 13.4. The molecule has 5 rings (SSSR count). The molecule has 0 radical (unpaired) electrons. The molecule has 1 N–H and O–H groups in total. The van der Waals surface area contributed by atoms with Gasteiger partial charge < -0.3 is 4.98 Å². The summed E-state index contributed by atoms with van der Waals surface area (Å²) in [5.41, 5.74) is 0.904. The Morgan fingerprint density at radius 3 is 2.53 bits per heavy atom. The number of hydrogen-bond donors (Lipinski definition) is 1. The molecular formula is C19H12N4O5S2. The number of nitro groups is 1. The van der Waals surface area contributed by atoms with Gasteiger partial charge in [-0.15, -0.1) is 0 Å². The molecule has 0 spiro atoms. The van der Waals surface area contributed by atoms with Gasteiger partial charge in [0, 0.05) is 35.3 Å². The van der Waals surface area contributed by atoms with E-state index in [4.69, 9.17) is 0 Å². The van der Waals surface area contributed by atoms with Crippen LogP contribution in [0.2, 0.25) is 0 Å². The number of carbonyl (C=O) groups excluding carboxylic acids is 2. The molecule has 0 saturated carbocycles. The van der Waals surface area contributed by atoms with Crippen molar-refractivity contribution in [1.29, 1.82) is 0 Å². The largest absolute Gasteiger partial charge is 0.307 e. The molecule has 150 valence electrons. The number of rotatable bonds is 3. The summed E-state index contributed by atoms with van der Waals surface area (Å²) in [4.78, 5) is 57.5. The summed E-state index contributed by atoms with van der Waals surface area (Å²) in [6, 6.07) is 8.89. The zero-order valence-electron chi connectivity index (χ0n) is 15.1. The Bertz CT molecular complexity index is 1240. The maximum Gasteiger partial charge on any atom is 0.305 e. The number of nitrogens with zero attached hydrogens (tertiary/aromatic N) is 3. The number of hydrogen-bond acceptors (Lipinski definition) is 8. The van der Waals surface area contributed by atoms with Crippen molar-refractivity contribution in [3.63, 3.8) is 0 Å². The summed E-state index contributed by atoms with van der Waals surface area (Å²) < 4.78 is 0. The summed E-state index contributed by atoms with van der Waals surface area (Å²) in [5, 5.41) is 10.8. The van der Waals surface area contributed by atoms with Crippen LogP contribution in [0.25, 0.3) is 0 Å². The number of thioether (sulfide) groups is 1. The summed E-state index contributed by atoms with van der Waals surface area (Å²) in [5.74, 6) is -1.99. The van der Waals surface area contributed by atoms with E-state index in [2.05, 4.69) is 9.97 Å². The number of thiazole rings is 1. The van der Waals surface area contributed by atoms with E-state index in [1.54, 1.807) is 18.5 Å². The first-order valence-electron chi connectivity index (χ1n) is 8.87. The van der Waals surface area contributed by atoms with Gasteiger partial charge in [-0.05, 0) is 23.8 Å². The van der Waals surface area contributed by atoms with Crippen molar-refractivity contribution in [2.24, 2.45) is 5.92 Å². The quantitative estimate of drug-likeness (QED) is 0.377. The first-order chi connectivity index (χ1) is 14.5. The normalized spacial score (nSPS) is 22.7. The molecule has 3 atom stereocenters. The van der Waals surface area contributed by atoms with E-state index in [1.165, 1.54) is 36.0 Å². The van der Waals surface area contributed by atoms with Gasteiger partial charge in [-0.1, -0.05) is 29.2 Å². The number of benzene rings is 1. The van der Waals surface area contributed by atoms with Gasteiger partial charge in [-0.3, -0.25) is 29.5 Å². The van der Waals surface area contributed by atoms with Crippen LogP contribution in [0, 0.1) is 16.0 Å². The van der Waals surface area contributed by atoms with Crippen molar-refractivity contribution in [1.82, 2.24) is 9.97 Å². The van der Waals surface area contributed by atoms with Crippen molar-refractivity contribution >= 4 is 46.3 Å². The third-order valence-electron chi connectivity index (χ3n) is 5.19. The van der Waals surface area contributed by atoms with Crippen molar-refractivity contribution in [2.75, 3.05) is 4.90 Å². The summed E-state index contributed by atoms with van der Waals surface area (Å²) in [6.45, 7) is 0. The monoisotopic (exact) mass is 440 g/mol. The Kier molecular flexibility index (Phi) is 4.29. The van der Waals surface area contributed by atoms with Crippen molar-refractivity contribution in [3.05, 3.63) is 79.0 Å². The summed E-state index contributed by atoms with van der Waals surface area (Å²) in [7, 11) is 0. The molecule has 2 amide bonds. The van der Waals surface area contributed by atoms with Gasteiger partial charge in [0.1, 0.15) is 5.25 Å². The number of amides is 2. The van der Waals surface area contributed by atoms with E-state index in [-0.39, 0.29) is 16.2 Å². The fraction of sp³-hybridized carbons (Fsp3) is 0.158. The van der Waals surface area contributed by atoms with Gasteiger partial charge in [0.05, 0.1) is 21.6 Å². The average molecular weight is 440 g/mol. The summed E-state index contributed by atoms with van der Waals surface area (Å²) in [6.07, 6.45) is 3.25. The van der Waals surface area contributed by atoms with Crippen molar-refractivity contribution < 1.29 is 14.5 Å². The molecule has 30 heavy (non-hydrogen) atoms. The number of aromatic amines is 1. The Morgan fingerprint density at radius 2 is 1.87 bits per heavy atom. The highest BCUT2D eigenvalue weighted by atomic mass is 32.2. The number of nitrogens with one attached hydrogen (secondary N) is 1. The fourth-order valence-corrected chi connectivity index (χ4v) is 6.43. The number of H-pyrrole nitrogens is 1. The van der Waals surface area contributed by atoms with Crippen LogP contribution in [0.3, 0.4) is 0 Å². The minimum absolute atomic E-state index is 0.127. The highest BCUT2D eigenvalue weighted by molar-refractivity contribution is 8.00. The zero-order chi connectivity index (χ0) is 21.0. The van der Waals surface area contributed by atoms with Crippen LogP contribution in [0.5, 0.6) is 0 Å². The number of carbonyl (C=O) groups is 2. The maximum atomic E-state index is 13.4. The highest BCUT2D eigenvalue weighted by Gasteiger charge is 2.56. The average Bonchev–Trinajstić information content (AvgIpc) is 3.23. The third kappa shape index (κ3) is 2.77. The van der Waals surface area contributed by atoms with Crippen LogP contribution in [-0.4, -0.2) is 32.0 Å². The lowest BCUT2D eigenvalue weighted by Gasteiger charge is -2.29. The molecule has 2 unspecified atom stereocenters. The van der Waals surface area contributed by atoms with E-state index in [0.29, 0.717) is 9.90 Å². The highest BCUT2D eigenvalue weighted by Crippen LogP contribution is 2.53. The van der Waals surface area contributed by atoms with Gasteiger partial charge in [-0.2, -0.15) is 0 Å². The van der Waals surface area contributed by atoms with Crippen LogP contribution in [-0.2, 0) is 9.59 Å². The Balaban J connectivity index is 1.61. The number of anilines is 1. The number of non-ortho nitro benzene ring substituents is 1. The molecule has 2 aromatic heterocycles. The second kappa shape index (κ2) is 6.89. The SMILES string of the molecule is O=C1C2Sc3[nH]c(=O)sc3[C@H](c3cccnc3)C2C(=O)N1c1ccc([N+](=O)[O-])cc1. The number of nitro benzene ring substituents is 1. The third-order valence-corrected chi connectivity index (χ3v) is 7.59. The minimum atomic E-state index is -0.712. The lowest BCUT2D eigenvalue weighted by molar-refractivity contribution is -0.384.